The highest BCUT2D eigenvalue weighted by Gasteiger charge is 2.20. The van der Waals surface area contributed by atoms with Crippen molar-refractivity contribution in [3.8, 4) is 0 Å². The standard InChI is InChI=1S/C15H10FNOS/c16-11-5-3-4-10(8-11)9-14-15(18)17-12-6-1-2-7-13(12)19-14/h1-9H,(H,17,18)/b14-9+. The minimum atomic E-state index is -0.309. The van der Waals surface area contributed by atoms with E-state index in [1.165, 1.54) is 23.9 Å². The van der Waals surface area contributed by atoms with Crippen LogP contribution >= 0.6 is 11.8 Å². The van der Waals surface area contributed by atoms with Crippen LogP contribution in [-0.4, -0.2) is 5.91 Å². The zero-order valence-electron chi connectivity index (χ0n) is 9.89. The third kappa shape index (κ3) is 2.53. The van der Waals surface area contributed by atoms with E-state index in [1.807, 2.05) is 24.3 Å². The molecule has 0 fully saturated rings. The molecule has 0 aromatic heterocycles. The van der Waals surface area contributed by atoms with Gasteiger partial charge in [-0.25, -0.2) is 4.39 Å². The van der Waals surface area contributed by atoms with Gasteiger partial charge in [0.1, 0.15) is 5.82 Å². The molecule has 4 heteroatoms. The number of nitrogens with one attached hydrogen (secondary N) is 1. The number of carbonyl (C=O) groups is 1. The van der Waals surface area contributed by atoms with Crippen molar-refractivity contribution in [3.63, 3.8) is 0 Å². The van der Waals surface area contributed by atoms with E-state index in [4.69, 9.17) is 0 Å². The summed E-state index contributed by atoms with van der Waals surface area (Å²) in [6, 6.07) is 13.8. The largest absolute Gasteiger partial charge is 0.320 e. The van der Waals surface area contributed by atoms with Crippen LogP contribution in [-0.2, 0) is 4.79 Å². The Hall–Kier alpha value is -2.07. The van der Waals surface area contributed by atoms with Gasteiger partial charge in [0.05, 0.1) is 10.6 Å². The van der Waals surface area contributed by atoms with Crippen LogP contribution in [0.5, 0.6) is 0 Å². The molecule has 1 aliphatic heterocycles. The number of para-hydroxylation sites is 1. The fraction of sp³-hybridized carbons (Fsp3) is 0. The first-order valence-electron chi connectivity index (χ1n) is 5.78. The van der Waals surface area contributed by atoms with Crippen molar-refractivity contribution < 1.29 is 9.18 Å². The Labute approximate surface area is 114 Å². The van der Waals surface area contributed by atoms with E-state index < -0.39 is 0 Å². The summed E-state index contributed by atoms with van der Waals surface area (Å²) < 4.78 is 13.1. The fourth-order valence-electron chi connectivity index (χ4n) is 1.85. The SMILES string of the molecule is O=C1Nc2ccccc2S/C1=C/c1cccc(F)c1. The highest BCUT2D eigenvalue weighted by Crippen LogP contribution is 2.38. The Morgan fingerprint density at radius 2 is 1.95 bits per heavy atom. The molecule has 0 spiro atoms. The van der Waals surface area contributed by atoms with Crippen LogP contribution in [0.1, 0.15) is 5.56 Å². The Morgan fingerprint density at radius 3 is 2.79 bits per heavy atom. The quantitative estimate of drug-likeness (QED) is 0.797. The van der Waals surface area contributed by atoms with Crippen molar-refractivity contribution >= 4 is 29.4 Å². The number of carbonyl (C=O) groups excluding carboxylic acids is 1. The molecule has 0 radical (unpaired) electrons. The van der Waals surface area contributed by atoms with Gasteiger partial charge in [-0.05, 0) is 35.9 Å². The first kappa shape index (κ1) is 12.0. The van der Waals surface area contributed by atoms with Gasteiger partial charge in [-0.1, -0.05) is 36.0 Å². The molecule has 94 valence electrons. The van der Waals surface area contributed by atoms with E-state index in [9.17, 15) is 9.18 Å². The fourth-order valence-corrected chi connectivity index (χ4v) is 2.80. The van der Waals surface area contributed by atoms with Gasteiger partial charge in [0.25, 0.3) is 5.91 Å². The third-order valence-electron chi connectivity index (χ3n) is 2.73. The molecule has 3 rings (SSSR count). The molecule has 2 nitrogen and oxygen atoms in total. The van der Waals surface area contributed by atoms with Gasteiger partial charge in [-0.2, -0.15) is 0 Å². The summed E-state index contributed by atoms with van der Waals surface area (Å²) in [5.74, 6) is -0.469. The second-order valence-electron chi connectivity index (χ2n) is 4.12. The van der Waals surface area contributed by atoms with Crippen molar-refractivity contribution in [2.45, 2.75) is 4.90 Å². The Balaban J connectivity index is 1.96. The number of hydrogen-bond acceptors (Lipinski definition) is 2. The van der Waals surface area contributed by atoms with Crippen LogP contribution in [0.4, 0.5) is 10.1 Å². The van der Waals surface area contributed by atoms with Crippen LogP contribution in [0.15, 0.2) is 58.3 Å². The zero-order valence-corrected chi connectivity index (χ0v) is 10.7. The lowest BCUT2D eigenvalue weighted by Gasteiger charge is -2.18. The molecule has 1 aliphatic rings. The molecule has 0 saturated carbocycles. The van der Waals surface area contributed by atoms with Crippen LogP contribution in [0.3, 0.4) is 0 Å². The average molecular weight is 271 g/mol. The highest BCUT2D eigenvalue weighted by molar-refractivity contribution is 8.04. The Kier molecular flexibility index (Phi) is 3.09. The maximum absolute atomic E-state index is 13.1. The molecule has 2 aromatic rings. The van der Waals surface area contributed by atoms with Crippen molar-refractivity contribution in [1.29, 1.82) is 0 Å². The summed E-state index contributed by atoms with van der Waals surface area (Å²) in [7, 11) is 0. The third-order valence-corrected chi connectivity index (χ3v) is 3.82. The van der Waals surface area contributed by atoms with Gasteiger partial charge in [0.15, 0.2) is 0 Å². The number of fused-ring (bicyclic) bond motifs is 1. The van der Waals surface area contributed by atoms with E-state index in [0.29, 0.717) is 10.5 Å². The molecule has 0 unspecified atom stereocenters. The van der Waals surface area contributed by atoms with E-state index in [-0.39, 0.29) is 11.7 Å². The van der Waals surface area contributed by atoms with E-state index in [1.54, 1.807) is 18.2 Å². The molecule has 0 saturated heterocycles. The van der Waals surface area contributed by atoms with Gasteiger partial charge in [0.2, 0.25) is 0 Å². The van der Waals surface area contributed by atoms with Gasteiger partial charge < -0.3 is 5.32 Å². The lowest BCUT2D eigenvalue weighted by atomic mass is 10.2. The van der Waals surface area contributed by atoms with Gasteiger partial charge in [-0.3, -0.25) is 4.79 Å². The molecule has 0 atom stereocenters. The van der Waals surface area contributed by atoms with Gasteiger partial charge in [-0.15, -0.1) is 0 Å². The van der Waals surface area contributed by atoms with Gasteiger partial charge in [0, 0.05) is 4.90 Å². The molecule has 1 N–H and O–H groups in total. The minimum absolute atomic E-state index is 0.159. The van der Waals surface area contributed by atoms with Crippen molar-refractivity contribution in [1.82, 2.24) is 0 Å². The van der Waals surface area contributed by atoms with Gasteiger partial charge >= 0.3 is 0 Å². The molecule has 2 aromatic carbocycles. The number of benzene rings is 2. The van der Waals surface area contributed by atoms with Crippen LogP contribution < -0.4 is 5.32 Å². The predicted octanol–water partition coefficient (Wildman–Crippen LogP) is 3.91. The maximum Gasteiger partial charge on any atom is 0.262 e. The number of anilines is 1. The van der Waals surface area contributed by atoms with Crippen molar-refractivity contribution in [2.24, 2.45) is 0 Å². The molecular formula is C15H10FNOS. The first-order valence-corrected chi connectivity index (χ1v) is 6.59. The summed E-state index contributed by atoms with van der Waals surface area (Å²) >= 11 is 1.39. The van der Waals surface area contributed by atoms with Crippen molar-refractivity contribution in [2.75, 3.05) is 5.32 Å². The van der Waals surface area contributed by atoms with Crippen LogP contribution in [0.25, 0.3) is 6.08 Å². The van der Waals surface area contributed by atoms with Crippen molar-refractivity contribution in [3.05, 3.63) is 64.8 Å². The zero-order chi connectivity index (χ0) is 13.2. The second-order valence-corrected chi connectivity index (χ2v) is 5.20. The first-order chi connectivity index (χ1) is 9.22. The monoisotopic (exact) mass is 271 g/mol. The summed E-state index contributed by atoms with van der Waals surface area (Å²) in [6.45, 7) is 0. The maximum atomic E-state index is 13.1. The number of rotatable bonds is 1. The summed E-state index contributed by atoms with van der Waals surface area (Å²) in [6.07, 6.45) is 1.69. The van der Waals surface area contributed by atoms with E-state index >= 15 is 0 Å². The highest BCUT2D eigenvalue weighted by atomic mass is 32.2. The molecule has 19 heavy (non-hydrogen) atoms. The van der Waals surface area contributed by atoms with Crippen LogP contribution in [0, 0.1) is 5.82 Å². The Morgan fingerprint density at radius 1 is 1.11 bits per heavy atom. The molecule has 0 aliphatic carbocycles. The average Bonchev–Trinajstić information content (AvgIpc) is 2.40. The van der Waals surface area contributed by atoms with Crippen LogP contribution in [0.2, 0.25) is 0 Å². The number of thioether (sulfide) groups is 1. The lowest BCUT2D eigenvalue weighted by Crippen LogP contribution is -2.17. The van der Waals surface area contributed by atoms with E-state index in [0.717, 1.165) is 10.6 Å². The smallest absolute Gasteiger partial charge is 0.262 e. The second kappa shape index (κ2) is 4.90. The summed E-state index contributed by atoms with van der Waals surface area (Å²) in [5, 5.41) is 2.82. The predicted molar refractivity (Wildman–Crippen MR) is 75.3 cm³/mol. The normalized spacial score (nSPS) is 16.1. The lowest BCUT2D eigenvalue weighted by molar-refractivity contribution is -0.112. The number of halogens is 1. The summed E-state index contributed by atoms with van der Waals surface area (Å²) in [4.78, 5) is 13.5. The van der Waals surface area contributed by atoms with E-state index in [2.05, 4.69) is 5.32 Å². The topological polar surface area (TPSA) is 29.1 Å². The molecule has 1 amide bonds. The minimum Gasteiger partial charge on any atom is -0.320 e. The number of hydrogen-bond donors (Lipinski definition) is 1. The molecule has 1 heterocycles. The molecule has 0 bridgehead atoms. The number of amides is 1. The molecular weight excluding hydrogens is 261 g/mol. The summed E-state index contributed by atoms with van der Waals surface area (Å²) in [5.41, 5.74) is 1.49. The Bertz CT molecular complexity index is 681.